The minimum Gasteiger partial charge on any atom is -0.464 e. The van der Waals surface area contributed by atoms with E-state index in [4.69, 9.17) is 4.74 Å². The van der Waals surface area contributed by atoms with Gasteiger partial charge in [-0.2, -0.15) is 0 Å². The molecule has 0 N–H and O–H groups in total. The van der Waals surface area contributed by atoms with Crippen LogP contribution in [-0.4, -0.2) is 16.3 Å². The highest BCUT2D eigenvalue weighted by Gasteiger charge is 2.10. The van der Waals surface area contributed by atoms with Crippen LogP contribution < -0.4 is 0 Å². The van der Waals surface area contributed by atoms with Crippen LogP contribution >= 0.6 is 31.9 Å². The number of rotatable bonds is 11. The highest BCUT2D eigenvalue weighted by molar-refractivity contribution is 9.25. The summed E-state index contributed by atoms with van der Waals surface area (Å²) in [5.41, 5.74) is 0. The molecule has 0 atom stereocenters. The van der Waals surface area contributed by atoms with Crippen LogP contribution in [0.15, 0.2) is 0 Å². The molecular formula is C13H24Br2O2. The van der Waals surface area contributed by atoms with Gasteiger partial charge in [0.25, 0.3) is 0 Å². The first-order valence-corrected chi connectivity index (χ1v) is 8.46. The Morgan fingerprint density at radius 3 is 1.88 bits per heavy atom. The van der Waals surface area contributed by atoms with E-state index >= 15 is 0 Å². The molecule has 0 bridgehead atoms. The van der Waals surface area contributed by atoms with Crippen molar-refractivity contribution >= 4 is 37.8 Å². The molecule has 0 unspecified atom stereocenters. The van der Waals surface area contributed by atoms with E-state index in [1.165, 1.54) is 44.9 Å². The van der Waals surface area contributed by atoms with Crippen molar-refractivity contribution in [3.05, 3.63) is 0 Å². The van der Waals surface area contributed by atoms with Crippen molar-refractivity contribution in [1.29, 1.82) is 0 Å². The van der Waals surface area contributed by atoms with Crippen molar-refractivity contribution in [3.8, 4) is 0 Å². The van der Waals surface area contributed by atoms with Crippen LogP contribution in [0.4, 0.5) is 0 Å². The van der Waals surface area contributed by atoms with Crippen molar-refractivity contribution in [2.45, 2.75) is 68.4 Å². The number of alkyl halides is 2. The minimum atomic E-state index is -0.367. The van der Waals surface area contributed by atoms with Gasteiger partial charge in [0, 0.05) is 0 Å². The molecule has 0 saturated heterocycles. The average Bonchev–Trinajstić information content (AvgIpc) is 2.31. The lowest BCUT2D eigenvalue weighted by atomic mass is 10.1. The molecule has 17 heavy (non-hydrogen) atoms. The van der Waals surface area contributed by atoms with Gasteiger partial charge in [-0.25, -0.2) is 4.79 Å². The van der Waals surface area contributed by atoms with Crippen LogP contribution in [0.1, 0.15) is 64.7 Å². The maximum Gasteiger partial charge on any atom is 0.330 e. The van der Waals surface area contributed by atoms with E-state index in [0.29, 0.717) is 6.61 Å². The van der Waals surface area contributed by atoms with Crippen LogP contribution in [0.25, 0.3) is 0 Å². The van der Waals surface area contributed by atoms with E-state index in [1.54, 1.807) is 0 Å². The monoisotopic (exact) mass is 370 g/mol. The normalized spacial score (nSPS) is 10.8. The van der Waals surface area contributed by atoms with Gasteiger partial charge in [0.15, 0.2) is 3.74 Å². The maximum atomic E-state index is 11.1. The highest BCUT2D eigenvalue weighted by atomic mass is 79.9. The number of halogens is 2. The Labute approximate surface area is 122 Å². The summed E-state index contributed by atoms with van der Waals surface area (Å²) in [5, 5.41) is 0. The van der Waals surface area contributed by atoms with E-state index < -0.39 is 0 Å². The first-order valence-electron chi connectivity index (χ1n) is 6.63. The summed E-state index contributed by atoms with van der Waals surface area (Å²) in [6.45, 7) is 2.79. The first kappa shape index (κ1) is 17.4. The van der Waals surface area contributed by atoms with Crippen LogP contribution in [0, 0.1) is 0 Å². The third kappa shape index (κ3) is 12.7. The fourth-order valence-electron chi connectivity index (χ4n) is 1.65. The standard InChI is InChI=1S/C13H24Br2O2/c1-2-3-4-5-6-7-8-9-10-11-17-13(16)12(14)15/h12H,2-11H2,1H3. The summed E-state index contributed by atoms with van der Waals surface area (Å²) in [6, 6.07) is 0. The fourth-order valence-corrected chi connectivity index (χ4v) is 1.91. The second-order valence-electron chi connectivity index (χ2n) is 4.30. The maximum absolute atomic E-state index is 11.1. The molecule has 0 aromatic carbocycles. The van der Waals surface area contributed by atoms with Crippen LogP contribution in [-0.2, 0) is 9.53 Å². The summed E-state index contributed by atoms with van der Waals surface area (Å²) in [4.78, 5) is 11.1. The van der Waals surface area contributed by atoms with Crippen molar-refractivity contribution < 1.29 is 9.53 Å². The Hall–Kier alpha value is 0.430. The Morgan fingerprint density at radius 1 is 0.941 bits per heavy atom. The van der Waals surface area contributed by atoms with E-state index in [9.17, 15) is 4.79 Å². The molecular weight excluding hydrogens is 348 g/mol. The summed E-state index contributed by atoms with van der Waals surface area (Å²) in [6.07, 6.45) is 11.5. The lowest BCUT2D eigenvalue weighted by Gasteiger charge is -2.05. The number of carbonyl (C=O) groups is 1. The molecule has 0 aliphatic rings. The van der Waals surface area contributed by atoms with Crippen molar-refractivity contribution in [3.63, 3.8) is 0 Å². The molecule has 102 valence electrons. The number of carbonyl (C=O) groups excluding carboxylic acids is 1. The molecule has 0 amide bonds. The van der Waals surface area contributed by atoms with Gasteiger partial charge in [0.05, 0.1) is 6.61 Å². The zero-order valence-electron chi connectivity index (χ0n) is 10.7. The average molecular weight is 372 g/mol. The lowest BCUT2D eigenvalue weighted by molar-refractivity contribution is -0.141. The Morgan fingerprint density at radius 2 is 1.41 bits per heavy atom. The van der Waals surface area contributed by atoms with E-state index in [-0.39, 0.29) is 9.71 Å². The van der Waals surface area contributed by atoms with Gasteiger partial charge in [-0.15, -0.1) is 0 Å². The van der Waals surface area contributed by atoms with Crippen molar-refractivity contribution in [1.82, 2.24) is 0 Å². The second kappa shape index (κ2) is 12.9. The molecule has 0 aromatic heterocycles. The van der Waals surface area contributed by atoms with E-state index in [1.807, 2.05) is 0 Å². The van der Waals surface area contributed by atoms with Gasteiger partial charge in [-0.3, -0.25) is 0 Å². The SMILES string of the molecule is CCCCCCCCCCCOC(=O)C(Br)Br. The Bertz CT molecular complexity index is 184. The smallest absolute Gasteiger partial charge is 0.330 e. The zero-order chi connectivity index (χ0) is 12.9. The topological polar surface area (TPSA) is 26.3 Å². The number of unbranched alkanes of at least 4 members (excludes halogenated alkanes) is 8. The number of hydrogen-bond acceptors (Lipinski definition) is 2. The third-order valence-corrected chi connectivity index (χ3v) is 3.42. The Balaban J connectivity index is 3.06. The molecule has 0 saturated carbocycles. The number of ether oxygens (including phenoxy) is 1. The summed E-state index contributed by atoms with van der Waals surface area (Å²) < 4.78 is 4.66. The van der Waals surface area contributed by atoms with Gasteiger partial charge in [-0.05, 0) is 6.42 Å². The van der Waals surface area contributed by atoms with Crippen LogP contribution in [0.2, 0.25) is 0 Å². The predicted octanol–water partition coefficient (Wildman–Crippen LogP) is 5.18. The quantitative estimate of drug-likeness (QED) is 0.284. The molecule has 0 aliphatic heterocycles. The summed E-state index contributed by atoms with van der Waals surface area (Å²) in [5.74, 6) is -0.232. The van der Waals surface area contributed by atoms with Gasteiger partial charge in [-0.1, -0.05) is 90.2 Å². The molecule has 0 spiro atoms. The van der Waals surface area contributed by atoms with Crippen LogP contribution in [0.5, 0.6) is 0 Å². The summed E-state index contributed by atoms with van der Waals surface area (Å²) >= 11 is 6.21. The summed E-state index contributed by atoms with van der Waals surface area (Å²) in [7, 11) is 0. The molecule has 0 aliphatic carbocycles. The highest BCUT2D eigenvalue weighted by Crippen LogP contribution is 2.11. The largest absolute Gasteiger partial charge is 0.464 e. The van der Waals surface area contributed by atoms with Crippen molar-refractivity contribution in [2.24, 2.45) is 0 Å². The lowest BCUT2D eigenvalue weighted by Crippen LogP contribution is -2.12. The van der Waals surface area contributed by atoms with Gasteiger partial charge in [0.2, 0.25) is 0 Å². The molecule has 0 aromatic rings. The molecule has 0 heterocycles. The molecule has 0 radical (unpaired) electrons. The third-order valence-electron chi connectivity index (χ3n) is 2.67. The zero-order valence-corrected chi connectivity index (χ0v) is 13.9. The molecule has 0 rings (SSSR count). The van der Waals surface area contributed by atoms with Crippen molar-refractivity contribution in [2.75, 3.05) is 6.61 Å². The van der Waals surface area contributed by atoms with Gasteiger partial charge >= 0.3 is 5.97 Å². The first-order chi connectivity index (χ1) is 8.18. The number of esters is 1. The van der Waals surface area contributed by atoms with Gasteiger partial charge in [0.1, 0.15) is 0 Å². The van der Waals surface area contributed by atoms with Gasteiger partial charge < -0.3 is 4.74 Å². The Kier molecular flexibility index (Phi) is 13.2. The fraction of sp³-hybridized carbons (Fsp3) is 0.923. The van der Waals surface area contributed by atoms with E-state index in [0.717, 1.165) is 12.8 Å². The minimum absolute atomic E-state index is 0.232. The predicted molar refractivity (Wildman–Crippen MR) is 79.8 cm³/mol. The number of hydrogen-bond donors (Lipinski definition) is 0. The molecule has 2 nitrogen and oxygen atoms in total. The second-order valence-corrected chi connectivity index (χ2v) is 7.36. The van der Waals surface area contributed by atoms with Crippen LogP contribution in [0.3, 0.4) is 0 Å². The molecule has 0 fully saturated rings. The molecule has 4 heteroatoms. The van der Waals surface area contributed by atoms with E-state index in [2.05, 4.69) is 38.8 Å².